The van der Waals surface area contributed by atoms with Crippen molar-refractivity contribution in [1.82, 2.24) is 10.3 Å². The van der Waals surface area contributed by atoms with Crippen molar-refractivity contribution in [2.75, 3.05) is 6.61 Å². The van der Waals surface area contributed by atoms with E-state index in [9.17, 15) is 9.90 Å². The zero-order valence-electron chi connectivity index (χ0n) is 13.8. The molecule has 1 atom stereocenters. The number of aromatic amines is 1. The highest BCUT2D eigenvalue weighted by molar-refractivity contribution is 5.90. The fourth-order valence-corrected chi connectivity index (χ4v) is 3.11. The van der Waals surface area contributed by atoms with Crippen LogP contribution in [0.25, 0.3) is 10.9 Å². The van der Waals surface area contributed by atoms with Crippen LogP contribution < -0.4 is 5.32 Å². The molecule has 4 nitrogen and oxygen atoms in total. The first-order valence-electron chi connectivity index (χ1n) is 8.20. The van der Waals surface area contributed by atoms with E-state index >= 15 is 0 Å². The molecule has 2 aromatic carbocycles. The Kier molecular flexibility index (Phi) is 4.96. The highest BCUT2D eigenvalue weighted by atomic mass is 16.3. The summed E-state index contributed by atoms with van der Waals surface area (Å²) < 4.78 is 0. The monoisotopic (exact) mass is 322 g/mol. The molecule has 0 aliphatic rings. The fourth-order valence-electron chi connectivity index (χ4n) is 3.11. The van der Waals surface area contributed by atoms with Gasteiger partial charge >= 0.3 is 0 Å². The Bertz CT molecular complexity index is 824. The normalized spacial score (nSPS) is 12.2. The first kappa shape index (κ1) is 16.3. The molecule has 3 N–H and O–H groups in total. The molecule has 1 heterocycles. The largest absolute Gasteiger partial charge is 0.396 e. The SMILES string of the molecule is Cc1[nH]c2ccccc2c1CC(=O)NC(CCO)c1ccccc1. The van der Waals surface area contributed by atoms with Crippen LogP contribution in [0.15, 0.2) is 54.6 Å². The molecule has 3 rings (SSSR count). The van der Waals surface area contributed by atoms with E-state index in [4.69, 9.17) is 0 Å². The molecule has 0 aliphatic carbocycles. The molecule has 24 heavy (non-hydrogen) atoms. The van der Waals surface area contributed by atoms with Gasteiger partial charge in [-0.1, -0.05) is 48.5 Å². The van der Waals surface area contributed by atoms with Crippen LogP contribution in [0, 0.1) is 6.92 Å². The number of benzene rings is 2. The number of hydrogen-bond acceptors (Lipinski definition) is 2. The van der Waals surface area contributed by atoms with Gasteiger partial charge in [0.15, 0.2) is 0 Å². The van der Waals surface area contributed by atoms with Gasteiger partial charge in [0.25, 0.3) is 0 Å². The number of rotatable bonds is 6. The van der Waals surface area contributed by atoms with E-state index in [1.165, 1.54) is 0 Å². The number of nitrogens with one attached hydrogen (secondary N) is 2. The van der Waals surface area contributed by atoms with Gasteiger partial charge in [0.2, 0.25) is 5.91 Å². The van der Waals surface area contributed by atoms with Gasteiger partial charge < -0.3 is 15.4 Å². The van der Waals surface area contributed by atoms with Gasteiger partial charge in [0.05, 0.1) is 12.5 Å². The molecule has 0 bridgehead atoms. The Morgan fingerprint density at radius 3 is 2.58 bits per heavy atom. The van der Waals surface area contributed by atoms with Gasteiger partial charge in [-0.2, -0.15) is 0 Å². The lowest BCUT2D eigenvalue weighted by Gasteiger charge is -2.18. The van der Waals surface area contributed by atoms with Crippen LogP contribution >= 0.6 is 0 Å². The molecule has 0 saturated carbocycles. The minimum Gasteiger partial charge on any atom is -0.396 e. The van der Waals surface area contributed by atoms with Gasteiger partial charge in [-0.05, 0) is 30.5 Å². The van der Waals surface area contributed by atoms with Crippen LogP contribution in [0.4, 0.5) is 0 Å². The number of hydrogen-bond donors (Lipinski definition) is 3. The van der Waals surface area contributed by atoms with E-state index in [-0.39, 0.29) is 18.6 Å². The number of aliphatic hydroxyl groups is 1. The smallest absolute Gasteiger partial charge is 0.224 e. The average molecular weight is 322 g/mol. The Labute approximate surface area is 141 Å². The van der Waals surface area contributed by atoms with Crippen molar-refractivity contribution in [3.8, 4) is 0 Å². The maximum Gasteiger partial charge on any atom is 0.224 e. The molecule has 0 fully saturated rings. The van der Waals surface area contributed by atoms with E-state index in [2.05, 4.69) is 10.3 Å². The first-order valence-corrected chi connectivity index (χ1v) is 8.20. The molecule has 4 heteroatoms. The number of para-hydroxylation sites is 1. The number of carbonyl (C=O) groups is 1. The fraction of sp³-hybridized carbons (Fsp3) is 0.250. The first-order chi connectivity index (χ1) is 11.7. The van der Waals surface area contributed by atoms with Crippen LogP contribution in [-0.4, -0.2) is 22.6 Å². The van der Waals surface area contributed by atoms with Crippen LogP contribution in [0.2, 0.25) is 0 Å². The zero-order valence-corrected chi connectivity index (χ0v) is 13.8. The molecule has 0 radical (unpaired) electrons. The minimum atomic E-state index is -0.172. The van der Waals surface area contributed by atoms with E-state index in [1.54, 1.807) is 0 Å². The highest BCUT2D eigenvalue weighted by Crippen LogP contribution is 2.23. The van der Waals surface area contributed by atoms with Crippen LogP contribution in [-0.2, 0) is 11.2 Å². The van der Waals surface area contributed by atoms with E-state index < -0.39 is 0 Å². The van der Waals surface area contributed by atoms with E-state index in [0.29, 0.717) is 12.8 Å². The Morgan fingerprint density at radius 2 is 1.83 bits per heavy atom. The molecular weight excluding hydrogens is 300 g/mol. The number of aryl methyl sites for hydroxylation is 1. The quantitative estimate of drug-likeness (QED) is 0.652. The molecular formula is C20H22N2O2. The van der Waals surface area contributed by atoms with Gasteiger partial charge in [-0.25, -0.2) is 0 Å². The summed E-state index contributed by atoms with van der Waals surface area (Å²) >= 11 is 0. The van der Waals surface area contributed by atoms with Crippen molar-refractivity contribution >= 4 is 16.8 Å². The van der Waals surface area contributed by atoms with Crippen molar-refractivity contribution in [2.45, 2.75) is 25.8 Å². The standard InChI is InChI=1S/C20H22N2O2/c1-14-17(16-9-5-6-10-19(16)21-14)13-20(24)22-18(11-12-23)15-7-3-2-4-8-15/h2-10,18,21,23H,11-13H2,1H3,(H,22,24). The Morgan fingerprint density at radius 1 is 1.12 bits per heavy atom. The lowest BCUT2D eigenvalue weighted by Crippen LogP contribution is -2.30. The van der Waals surface area contributed by atoms with Crippen LogP contribution in [0.5, 0.6) is 0 Å². The average Bonchev–Trinajstić information content (AvgIpc) is 2.91. The van der Waals surface area contributed by atoms with Gasteiger partial charge in [-0.15, -0.1) is 0 Å². The zero-order chi connectivity index (χ0) is 16.9. The topological polar surface area (TPSA) is 65.1 Å². The predicted molar refractivity (Wildman–Crippen MR) is 95.8 cm³/mol. The number of carbonyl (C=O) groups excluding carboxylic acids is 1. The summed E-state index contributed by atoms with van der Waals surface area (Å²) in [6.07, 6.45) is 0.827. The third-order valence-corrected chi connectivity index (χ3v) is 4.32. The van der Waals surface area contributed by atoms with E-state index in [1.807, 2.05) is 61.5 Å². The van der Waals surface area contributed by atoms with Gasteiger partial charge in [0, 0.05) is 23.2 Å². The van der Waals surface area contributed by atoms with E-state index in [0.717, 1.165) is 27.7 Å². The summed E-state index contributed by atoms with van der Waals surface area (Å²) in [6.45, 7) is 2.02. The number of aliphatic hydroxyl groups excluding tert-OH is 1. The summed E-state index contributed by atoms with van der Waals surface area (Å²) in [5.74, 6) is -0.0369. The summed E-state index contributed by atoms with van der Waals surface area (Å²) in [6, 6.07) is 17.6. The maximum absolute atomic E-state index is 12.6. The molecule has 1 amide bonds. The Hall–Kier alpha value is -2.59. The van der Waals surface area contributed by atoms with Crippen molar-refractivity contribution < 1.29 is 9.90 Å². The highest BCUT2D eigenvalue weighted by Gasteiger charge is 2.17. The van der Waals surface area contributed by atoms with Crippen molar-refractivity contribution in [2.24, 2.45) is 0 Å². The number of fused-ring (bicyclic) bond motifs is 1. The van der Waals surface area contributed by atoms with Crippen molar-refractivity contribution in [1.29, 1.82) is 0 Å². The van der Waals surface area contributed by atoms with Crippen molar-refractivity contribution in [3.63, 3.8) is 0 Å². The number of H-pyrrole nitrogens is 1. The van der Waals surface area contributed by atoms with Crippen molar-refractivity contribution in [3.05, 3.63) is 71.4 Å². The molecule has 3 aromatic rings. The molecule has 0 spiro atoms. The minimum absolute atomic E-state index is 0.0337. The van der Waals surface area contributed by atoms with Gasteiger partial charge in [0.1, 0.15) is 0 Å². The third kappa shape index (κ3) is 3.49. The van der Waals surface area contributed by atoms with Crippen LogP contribution in [0.3, 0.4) is 0 Å². The second kappa shape index (κ2) is 7.32. The summed E-state index contributed by atoms with van der Waals surface area (Å²) in [5.41, 5.74) is 4.10. The molecule has 124 valence electrons. The van der Waals surface area contributed by atoms with Crippen LogP contribution in [0.1, 0.15) is 29.3 Å². The lowest BCUT2D eigenvalue weighted by molar-refractivity contribution is -0.121. The summed E-state index contributed by atoms with van der Waals surface area (Å²) in [5, 5.41) is 13.4. The summed E-state index contributed by atoms with van der Waals surface area (Å²) in [7, 11) is 0. The molecule has 1 aromatic heterocycles. The predicted octanol–water partition coefficient (Wildman–Crippen LogP) is 3.26. The second-order valence-electron chi connectivity index (χ2n) is 5.99. The lowest BCUT2D eigenvalue weighted by atomic mass is 10.0. The second-order valence-corrected chi connectivity index (χ2v) is 5.99. The third-order valence-electron chi connectivity index (χ3n) is 4.32. The maximum atomic E-state index is 12.6. The molecule has 0 aliphatic heterocycles. The number of amides is 1. The Balaban J connectivity index is 1.77. The van der Waals surface area contributed by atoms with Gasteiger partial charge in [-0.3, -0.25) is 4.79 Å². The summed E-state index contributed by atoms with van der Waals surface area (Å²) in [4.78, 5) is 15.9. The molecule has 1 unspecified atom stereocenters. The molecule has 0 saturated heterocycles. The number of aromatic nitrogens is 1.